The molecule has 0 aromatic heterocycles. The minimum Gasteiger partial charge on any atom is -0.329 e. The molecule has 0 aromatic carbocycles. The lowest BCUT2D eigenvalue weighted by Crippen LogP contribution is -2.35. The molecule has 0 bridgehead atoms. The molecule has 88 valence electrons. The van der Waals surface area contributed by atoms with Crippen LogP contribution in [0.3, 0.4) is 0 Å². The Hall–Kier alpha value is -0.570. The summed E-state index contributed by atoms with van der Waals surface area (Å²) in [5.41, 5.74) is 0. The Kier molecular flexibility index (Phi) is 5.09. The molecule has 1 aliphatic heterocycles. The van der Waals surface area contributed by atoms with Gasteiger partial charge >= 0.3 is 0 Å². The molecule has 1 N–H and O–H groups in total. The van der Waals surface area contributed by atoms with Crippen LogP contribution in [0.15, 0.2) is 0 Å². The van der Waals surface area contributed by atoms with Crippen LogP contribution in [-0.2, 0) is 4.79 Å². The van der Waals surface area contributed by atoms with Crippen molar-refractivity contribution in [3.63, 3.8) is 0 Å². The molecule has 2 unspecified atom stereocenters. The van der Waals surface area contributed by atoms with Crippen LogP contribution in [-0.4, -0.2) is 30.1 Å². The highest BCUT2D eigenvalue weighted by Crippen LogP contribution is 2.15. The predicted molar refractivity (Wildman–Crippen MR) is 62.5 cm³/mol. The van der Waals surface area contributed by atoms with Gasteiger partial charge in [0.25, 0.3) is 0 Å². The molecular formula is C12H24N2O. The largest absolute Gasteiger partial charge is 0.329 e. The van der Waals surface area contributed by atoms with Gasteiger partial charge in [-0.15, -0.1) is 0 Å². The Balaban J connectivity index is 2.35. The lowest BCUT2D eigenvalue weighted by Gasteiger charge is -2.17. The van der Waals surface area contributed by atoms with E-state index in [2.05, 4.69) is 26.1 Å². The SMILES string of the molecule is CCCCCN1CNC(C(C)CC)C1=O. The summed E-state index contributed by atoms with van der Waals surface area (Å²) in [5.74, 6) is 0.758. The molecule has 1 fully saturated rings. The fourth-order valence-corrected chi connectivity index (χ4v) is 1.99. The Bertz CT molecular complexity index is 206. The van der Waals surface area contributed by atoms with E-state index in [0.29, 0.717) is 11.8 Å². The Morgan fingerprint density at radius 2 is 2.20 bits per heavy atom. The molecule has 1 aliphatic rings. The van der Waals surface area contributed by atoms with Crippen LogP contribution in [0.2, 0.25) is 0 Å². The molecule has 1 heterocycles. The lowest BCUT2D eigenvalue weighted by molar-refractivity contribution is -0.129. The second kappa shape index (κ2) is 6.11. The average molecular weight is 212 g/mol. The summed E-state index contributed by atoms with van der Waals surface area (Å²) in [7, 11) is 0. The minimum atomic E-state index is 0.0663. The van der Waals surface area contributed by atoms with Gasteiger partial charge in [0.15, 0.2) is 0 Å². The molecule has 2 atom stereocenters. The summed E-state index contributed by atoms with van der Waals surface area (Å²) in [5, 5.41) is 3.31. The van der Waals surface area contributed by atoms with E-state index in [1.165, 1.54) is 12.8 Å². The zero-order valence-electron chi connectivity index (χ0n) is 10.3. The first kappa shape index (κ1) is 12.5. The molecule has 3 heteroatoms. The smallest absolute Gasteiger partial charge is 0.241 e. The first-order valence-corrected chi connectivity index (χ1v) is 6.22. The molecule has 15 heavy (non-hydrogen) atoms. The van der Waals surface area contributed by atoms with Crippen molar-refractivity contribution in [2.45, 2.75) is 52.5 Å². The van der Waals surface area contributed by atoms with Crippen molar-refractivity contribution in [2.24, 2.45) is 5.92 Å². The van der Waals surface area contributed by atoms with Crippen molar-refractivity contribution in [1.82, 2.24) is 10.2 Å². The highest BCUT2D eigenvalue weighted by Gasteiger charge is 2.33. The van der Waals surface area contributed by atoms with Gasteiger partial charge in [-0.3, -0.25) is 10.1 Å². The molecule has 0 saturated carbocycles. The number of carbonyl (C=O) groups is 1. The maximum Gasteiger partial charge on any atom is 0.241 e. The molecule has 3 nitrogen and oxygen atoms in total. The molecule has 1 amide bonds. The number of carbonyl (C=O) groups excluding carboxylic acids is 1. The van der Waals surface area contributed by atoms with E-state index in [9.17, 15) is 4.79 Å². The van der Waals surface area contributed by atoms with Gasteiger partial charge < -0.3 is 4.90 Å². The maximum atomic E-state index is 12.0. The normalized spacial score (nSPS) is 23.5. The number of nitrogens with one attached hydrogen (secondary N) is 1. The average Bonchev–Trinajstić information content (AvgIpc) is 2.60. The highest BCUT2D eigenvalue weighted by atomic mass is 16.2. The quantitative estimate of drug-likeness (QED) is 0.683. The van der Waals surface area contributed by atoms with Gasteiger partial charge in [-0.1, -0.05) is 40.0 Å². The van der Waals surface area contributed by atoms with Crippen LogP contribution in [0.4, 0.5) is 0 Å². The van der Waals surface area contributed by atoms with Gasteiger partial charge in [-0.25, -0.2) is 0 Å². The van der Waals surface area contributed by atoms with Gasteiger partial charge in [-0.05, 0) is 12.3 Å². The highest BCUT2D eigenvalue weighted by molar-refractivity contribution is 5.84. The summed E-state index contributed by atoms with van der Waals surface area (Å²) < 4.78 is 0. The summed E-state index contributed by atoms with van der Waals surface area (Å²) >= 11 is 0. The van der Waals surface area contributed by atoms with Crippen molar-refractivity contribution in [1.29, 1.82) is 0 Å². The van der Waals surface area contributed by atoms with Crippen LogP contribution >= 0.6 is 0 Å². The first-order valence-electron chi connectivity index (χ1n) is 6.22. The predicted octanol–water partition coefficient (Wildman–Crippen LogP) is 1.98. The Morgan fingerprint density at radius 3 is 2.80 bits per heavy atom. The molecular weight excluding hydrogens is 188 g/mol. The Labute approximate surface area is 93.2 Å². The van der Waals surface area contributed by atoms with Gasteiger partial charge in [0, 0.05) is 6.54 Å². The zero-order chi connectivity index (χ0) is 11.3. The molecule has 0 aliphatic carbocycles. The van der Waals surface area contributed by atoms with Crippen molar-refractivity contribution in [3.8, 4) is 0 Å². The number of hydrogen-bond acceptors (Lipinski definition) is 2. The molecule has 0 spiro atoms. The molecule has 0 radical (unpaired) electrons. The van der Waals surface area contributed by atoms with Crippen LogP contribution < -0.4 is 5.32 Å². The number of rotatable bonds is 6. The summed E-state index contributed by atoms with van der Waals surface area (Å²) in [6.45, 7) is 8.14. The van der Waals surface area contributed by atoms with E-state index in [1.54, 1.807) is 0 Å². The van der Waals surface area contributed by atoms with E-state index >= 15 is 0 Å². The fraction of sp³-hybridized carbons (Fsp3) is 0.917. The van der Waals surface area contributed by atoms with E-state index < -0.39 is 0 Å². The maximum absolute atomic E-state index is 12.0. The van der Waals surface area contributed by atoms with E-state index in [-0.39, 0.29) is 6.04 Å². The Morgan fingerprint density at radius 1 is 1.47 bits per heavy atom. The van der Waals surface area contributed by atoms with Crippen molar-refractivity contribution in [3.05, 3.63) is 0 Å². The third-order valence-electron chi connectivity index (χ3n) is 3.32. The summed E-state index contributed by atoms with van der Waals surface area (Å²) in [4.78, 5) is 13.9. The van der Waals surface area contributed by atoms with Crippen LogP contribution in [0.1, 0.15) is 46.5 Å². The van der Waals surface area contributed by atoms with E-state index in [4.69, 9.17) is 0 Å². The summed E-state index contributed by atoms with van der Waals surface area (Å²) in [6, 6.07) is 0.0663. The lowest BCUT2D eigenvalue weighted by atomic mass is 9.99. The van der Waals surface area contributed by atoms with Crippen LogP contribution in [0.5, 0.6) is 0 Å². The van der Waals surface area contributed by atoms with E-state index in [1.807, 2.05) is 4.90 Å². The number of nitrogens with zero attached hydrogens (tertiary/aromatic N) is 1. The standard InChI is InChI=1S/C12H24N2O/c1-4-6-7-8-14-9-13-11(12(14)15)10(3)5-2/h10-11,13H,4-9H2,1-3H3. The topological polar surface area (TPSA) is 32.3 Å². The number of amides is 1. The second-order valence-electron chi connectivity index (χ2n) is 4.53. The van der Waals surface area contributed by atoms with Crippen molar-refractivity contribution in [2.75, 3.05) is 13.2 Å². The second-order valence-corrected chi connectivity index (χ2v) is 4.53. The monoisotopic (exact) mass is 212 g/mol. The number of unbranched alkanes of at least 4 members (excludes halogenated alkanes) is 2. The molecule has 1 rings (SSSR count). The number of hydrogen-bond donors (Lipinski definition) is 1. The summed E-state index contributed by atoms with van der Waals surface area (Å²) in [6.07, 6.45) is 4.63. The van der Waals surface area contributed by atoms with Crippen LogP contribution in [0.25, 0.3) is 0 Å². The third-order valence-corrected chi connectivity index (χ3v) is 3.32. The molecule has 1 saturated heterocycles. The van der Waals surface area contributed by atoms with Gasteiger partial charge in [0.1, 0.15) is 0 Å². The van der Waals surface area contributed by atoms with Crippen molar-refractivity contribution >= 4 is 5.91 Å². The van der Waals surface area contributed by atoms with Gasteiger partial charge in [0.05, 0.1) is 12.7 Å². The third kappa shape index (κ3) is 3.20. The van der Waals surface area contributed by atoms with E-state index in [0.717, 1.165) is 26.1 Å². The first-order chi connectivity index (χ1) is 7.20. The van der Waals surface area contributed by atoms with Crippen LogP contribution in [0, 0.1) is 5.92 Å². The zero-order valence-corrected chi connectivity index (χ0v) is 10.3. The molecule has 0 aromatic rings. The van der Waals surface area contributed by atoms with Gasteiger partial charge in [0.2, 0.25) is 5.91 Å². The minimum absolute atomic E-state index is 0.0663. The van der Waals surface area contributed by atoms with Crippen molar-refractivity contribution < 1.29 is 4.79 Å². The fourth-order valence-electron chi connectivity index (χ4n) is 1.99. The van der Waals surface area contributed by atoms with Gasteiger partial charge in [-0.2, -0.15) is 0 Å².